The highest BCUT2D eigenvalue weighted by molar-refractivity contribution is 5.94. The maximum atomic E-state index is 13.1. The molecule has 0 aliphatic carbocycles. The number of carbonyl (C=O) groups excluding carboxylic acids is 1. The van der Waals surface area contributed by atoms with Gasteiger partial charge >= 0.3 is 0 Å². The Morgan fingerprint density at radius 1 is 1.38 bits per heavy atom. The van der Waals surface area contributed by atoms with Crippen molar-refractivity contribution >= 4 is 5.78 Å². The van der Waals surface area contributed by atoms with Crippen molar-refractivity contribution in [2.45, 2.75) is 26.7 Å². The van der Waals surface area contributed by atoms with Gasteiger partial charge in [-0.05, 0) is 30.5 Å². The van der Waals surface area contributed by atoms with Gasteiger partial charge in [-0.1, -0.05) is 19.9 Å². The topological polar surface area (TPSA) is 17.1 Å². The van der Waals surface area contributed by atoms with E-state index in [1.165, 1.54) is 13.0 Å². The summed E-state index contributed by atoms with van der Waals surface area (Å²) in [6, 6.07) is 4.70. The number of Topliss-reactive ketones (excluding diaryl/α,β-unsaturated/α-hetero) is 1. The molecule has 1 nitrogen and oxygen atoms in total. The van der Waals surface area contributed by atoms with Gasteiger partial charge in [0, 0.05) is 0 Å². The van der Waals surface area contributed by atoms with Crippen molar-refractivity contribution in [3.05, 3.63) is 35.1 Å². The Kier molecular flexibility index (Phi) is 2.81. The molecule has 1 aromatic rings. The summed E-state index contributed by atoms with van der Waals surface area (Å²) in [5.41, 5.74) is 1.18. The fourth-order valence-electron chi connectivity index (χ4n) is 1.17. The maximum absolute atomic E-state index is 13.1. The van der Waals surface area contributed by atoms with Crippen molar-refractivity contribution < 1.29 is 9.18 Å². The summed E-state index contributed by atoms with van der Waals surface area (Å²) in [7, 11) is 0. The zero-order valence-corrected chi connectivity index (χ0v) is 8.10. The van der Waals surface area contributed by atoms with Crippen LogP contribution in [-0.4, -0.2) is 5.78 Å². The molecule has 0 atom stereocenters. The number of hydrogen-bond donors (Lipinski definition) is 0. The molecule has 0 fully saturated rings. The molecule has 70 valence electrons. The fourth-order valence-corrected chi connectivity index (χ4v) is 1.17. The molecule has 0 amide bonds. The smallest absolute Gasteiger partial charge is 0.162 e. The van der Waals surface area contributed by atoms with Gasteiger partial charge in [-0.25, -0.2) is 4.39 Å². The summed E-state index contributed by atoms with van der Waals surface area (Å²) in [5, 5.41) is 0. The van der Waals surface area contributed by atoms with E-state index in [9.17, 15) is 9.18 Å². The van der Waals surface area contributed by atoms with Crippen LogP contribution < -0.4 is 0 Å². The number of rotatable bonds is 2. The lowest BCUT2D eigenvalue weighted by molar-refractivity contribution is 0.101. The average Bonchev–Trinajstić information content (AvgIpc) is 2.04. The summed E-state index contributed by atoms with van der Waals surface area (Å²) < 4.78 is 13.1. The number of hydrogen-bond acceptors (Lipinski definition) is 1. The molecule has 1 aromatic carbocycles. The zero-order chi connectivity index (χ0) is 10.0. The van der Waals surface area contributed by atoms with Crippen LogP contribution >= 0.6 is 0 Å². The zero-order valence-electron chi connectivity index (χ0n) is 8.10. The molecule has 0 aromatic heterocycles. The second-order valence-electron chi connectivity index (χ2n) is 3.45. The van der Waals surface area contributed by atoms with Crippen molar-refractivity contribution in [1.29, 1.82) is 0 Å². The summed E-state index contributed by atoms with van der Waals surface area (Å²) in [6.07, 6.45) is 0. The van der Waals surface area contributed by atoms with Gasteiger partial charge in [-0.2, -0.15) is 0 Å². The van der Waals surface area contributed by atoms with E-state index in [1.807, 2.05) is 13.8 Å². The van der Waals surface area contributed by atoms with Crippen LogP contribution in [0.15, 0.2) is 18.2 Å². The number of carbonyl (C=O) groups is 1. The lowest BCUT2D eigenvalue weighted by atomic mass is 9.99. The minimum atomic E-state index is -0.433. The predicted octanol–water partition coefficient (Wildman–Crippen LogP) is 3.15. The molecule has 0 aliphatic heterocycles. The van der Waals surface area contributed by atoms with Crippen LogP contribution in [0, 0.1) is 5.82 Å². The molecule has 0 heterocycles. The van der Waals surface area contributed by atoms with E-state index in [4.69, 9.17) is 0 Å². The predicted molar refractivity (Wildman–Crippen MR) is 50.5 cm³/mol. The summed E-state index contributed by atoms with van der Waals surface area (Å²) in [4.78, 5) is 11.0. The summed E-state index contributed by atoms with van der Waals surface area (Å²) >= 11 is 0. The van der Waals surface area contributed by atoms with Crippen LogP contribution in [0.2, 0.25) is 0 Å². The Hall–Kier alpha value is -1.18. The first-order valence-electron chi connectivity index (χ1n) is 4.32. The van der Waals surface area contributed by atoms with Crippen LogP contribution in [0.1, 0.15) is 42.6 Å². The van der Waals surface area contributed by atoms with Crippen LogP contribution in [-0.2, 0) is 0 Å². The number of benzene rings is 1. The summed E-state index contributed by atoms with van der Waals surface area (Å²) in [6.45, 7) is 5.40. The van der Waals surface area contributed by atoms with Crippen LogP contribution in [0.25, 0.3) is 0 Å². The van der Waals surface area contributed by atoms with Crippen LogP contribution in [0.4, 0.5) is 4.39 Å². The second kappa shape index (κ2) is 3.69. The SMILES string of the molecule is CC(=O)c1cc(C(C)C)ccc1F. The third-order valence-electron chi connectivity index (χ3n) is 2.04. The van der Waals surface area contributed by atoms with Gasteiger partial charge in [0.2, 0.25) is 0 Å². The molecule has 0 bridgehead atoms. The molecule has 13 heavy (non-hydrogen) atoms. The van der Waals surface area contributed by atoms with Crippen molar-refractivity contribution in [2.24, 2.45) is 0 Å². The van der Waals surface area contributed by atoms with Gasteiger partial charge in [-0.15, -0.1) is 0 Å². The van der Waals surface area contributed by atoms with E-state index in [-0.39, 0.29) is 11.3 Å². The highest BCUT2D eigenvalue weighted by atomic mass is 19.1. The third-order valence-corrected chi connectivity index (χ3v) is 2.04. The Morgan fingerprint density at radius 2 is 2.00 bits per heavy atom. The fraction of sp³-hybridized carbons (Fsp3) is 0.364. The van der Waals surface area contributed by atoms with E-state index in [2.05, 4.69) is 0 Å². The van der Waals surface area contributed by atoms with Gasteiger partial charge in [0.1, 0.15) is 5.82 Å². The third kappa shape index (κ3) is 2.14. The number of ketones is 1. The molecular weight excluding hydrogens is 167 g/mol. The largest absolute Gasteiger partial charge is 0.294 e. The lowest BCUT2D eigenvalue weighted by Crippen LogP contribution is -1.99. The highest BCUT2D eigenvalue weighted by Crippen LogP contribution is 2.18. The first kappa shape index (κ1) is 9.90. The average molecular weight is 180 g/mol. The van der Waals surface area contributed by atoms with Crippen molar-refractivity contribution in [3.63, 3.8) is 0 Å². The molecule has 0 radical (unpaired) electrons. The molecule has 0 N–H and O–H groups in total. The first-order chi connectivity index (χ1) is 6.02. The van der Waals surface area contributed by atoms with E-state index in [1.54, 1.807) is 12.1 Å². The molecule has 0 saturated heterocycles. The highest BCUT2D eigenvalue weighted by Gasteiger charge is 2.09. The molecule has 0 spiro atoms. The maximum Gasteiger partial charge on any atom is 0.162 e. The molecule has 0 aliphatic rings. The van der Waals surface area contributed by atoms with Crippen molar-refractivity contribution in [3.8, 4) is 0 Å². The van der Waals surface area contributed by atoms with Gasteiger partial charge in [0.05, 0.1) is 5.56 Å². The Labute approximate surface area is 77.6 Å². The molecule has 2 heteroatoms. The molecule has 1 rings (SSSR count). The van der Waals surface area contributed by atoms with Crippen molar-refractivity contribution in [1.82, 2.24) is 0 Å². The van der Waals surface area contributed by atoms with E-state index in [0.29, 0.717) is 5.92 Å². The molecule has 0 saturated carbocycles. The van der Waals surface area contributed by atoms with E-state index >= 15 is 0 Å². The summed E-state index contributed by atoms with van der Waals surface area (Å²) in [5.74, 6) is -0.337. The minimum Gasteiger partial charge on any atom is -0.294 e. The monoisotopic (exact) mass is 180 g/mol. The van der Waals surface area contributed by atoms with Crippen LogP contribution in [0.5, 0.6) is 0 Å². The minimum absolute atomic E-state index is 0.186. The normalized spacial score (nSPS) is 10.5. The lowest BCUT2D eigenvalue weighted by Gasteiger charge is -2.06. The van der Waals surface area contributed by atoms with Crippen LogP contribution in [0.3, 0.4) is 0 Å². The standard InChI is InChI=1S/C11H13FO/c1-7(2)9-4-5-11(12)10(6-9)8(3)13/h4-7H,1-3H3. The van der Waals surface area contributed by atoms with E-state index in [0.717, 1.165) is 5.56 Å². The Balaban J connectivity index is 3.19. The van der Waals surface area contributed by atoms with E-state index < -0.39 is 5.82 Å². The Bertz CT molecular complexity index is 329. The van der Waals surface area contributed by atoms with Crippen molar-refractivity contribution in [2.75, 3.05) is 0 Å². The first-order valence-corrected chi connectivity index (χ1v) is 4.32. The van der Waals surface area contributed by atoms with Gasteiger partial charge < -0.3 is 0 Å². The molecule has 0 unspecified atom stereocenters. The number of halogens is 1. The Morgan fingerprint density at radius 3 is 2.46 bits per heavy atom. The van der Waals surface area contributed by atoms with Gasteiger partial charge in [0.25, 0.3) is 0 Å². The van der Waals surface area contributed by atoms with Gasteiger partial charge in [-0.3, -0.25) is 4.79 Å². The quantitative estimate of drug-likeness (QED) is 0.639. The van der Waals surface area contributed by atoms with Gasteiger partial charge in [0.15, 0.2) is 5.78 Å². The second-order valence-corrected chi connectivity index (χ2v) is 3.45. The molecular formula is C11H13FO.